The fourth-order valence-corrected chi connectivity index (χ4v) is 9.62. The van der Waals surface area contributed by atoms with Gasteiger partial charge < -0.3 is 0 Å². The van der Waals surface area contributed by atoms with E-state index in [0.29, 0.717) is 9.97 Å². The van der Waals surface area contributed by atoms with Gasteiger partial charge in [-0.1, -0.05) is 0 Å². The van der Waals surface area contributed by atoms with Crippen molar-refractivity contribution in [3.8, 4) is 0 Å². The van der Waals surface area contributed by atoms with E-state index in [1.54, 1.807) is 0 Å². The monoisotopic (exact) mass is 514 g/mol. The van der Waals surface area contributed by atoms with E-state index in [4.69, 9.17) is 4.74 Å². The number of ether oxygens (including phenoxy) is 1. The Hall–Kier alpha value is 0.890. The molecule has 0 aromatic heterocycles. The molecule has 0 aromatic carbocycles. The molecular formula is C16H22I2NO2-. The van der Waals surface area contributed by atoms with Gasteiger partial charge in [0.25, 0.3) is 0 Å². The zero-order valence-electron chi connectivity index (χ0n) is 12.2. The zero-order chi connectivity index (χ0) is 14.4. The van der Waals surface area contributed by atoms with Gasteiger partial charge >= 0.3 is 151 Å². The van der Waals surface area contributed by atoms with Crippen LogP contribution in [-0.4, -0.2) is 19.5 Å². The Morgan fingerprint density at radius 3 is 2.71 bits per heavy atom. The van der Waals surface area contributed by atoms with Gasteiger partial charge in [-0.25, -0.2) is 0 Å². The summed E-state index contributed by atoms with van der Waals surface area (Å²) in [6.07, 6.45) is 6.90. The summed E-state index contributed by atoms with van der Waals surface area (Å²) < 4.78 is 10.0. The molecule has 9 unspecified atom stereocenters. The van der Waals surface area contributed by atoms with Crippen molar-refractivity contribution in [2.24, 2.45) is 35.5 Å². The first-order valence-electron chi connectivity index (χ1n) is 8.32. The molecule has 4 bridgehead atoms. The second-order valence-electron chi connectivity index (χ2n) is 8.05. The third kappa shape index (κ3) is 2.01. The second-order valence-corrected chi connectivity index (χ2v) is 12.0. The average molecular weight is 514 g/mol. The van der Waals surface area contributed by atoms with Crippen LogP contribution in [0.4, 0.5) is 0 Å². The average Bonchev–Trinajstić information content (AvgIpc) is 2.83. The molecule has 1 aliphatic heterocycles. The third-order valence-corrected chi connectivity index (χ3v) is 11.8. The predicted octanol–water partition coefficient (Wildman–Crippen LogP) is -0.273. The molecule has 9 atom stereocenters. The van der Waals surface area contributed by atoms with Crippen molar-refractivity contribution >= 4 is 28.6 Å². The normalized spacial score (nSPS) is 57.7. The number of rotatable bonds is 3. The van der Waals surface area contributed by atoms with Gasteiger partial charge in [-0.2, -0.15) is 0 Å². The SMILES string of the molecule is CC1(OC(=O)C(I)C2N[I-]2)CC2CC1C1C3CCC(C3)C21. The van der Waals surface area contributed by atoms with Crippen molar-refractivity contribution in [3.63, 3.8) is 0 Å². The molecule has 1 saturated heterocycles. The number of hydrogen-bond donors (Lipinski definition) is 1. The number of carbonyl (C=O) groups is 1. The maximum atomic E-state index is 12.5. The summed E-state index contributed by atoms with van der Waals surface area (Å²) in [6, 6.07) is 0. The van der Waals surface area contributed by atoms with Crippen molar-refractivity contribution in [2.45, 2.75) is 52.6 Å². The summed E-state index contributed by atoms with van der Waals surface area (Å²) >= 11 is 2.37. The predicted molar refractivity (Wildman–Crippen MR) is 83.3 cm³/mol. The van der Waals surface area contributed by atoms with Crippen molar-refractivity contribution < 1.29 is 31.0 Å². The molecule has 5 heteroatoms. The molecule has 4 aliphatic carbocycles. The van der Waals surface area contributed by atoms with Crippen molar-refractivity contribution in [3.05, 3.63) is 0 Å². The summed E-state index contributed by atoms with van der Waals surface area (Å²) in [5, 5.41) is 0. The van der Waals surface area contributed by atoms with Gasteiger partial charge in [-0.15, -0.1) is 0 Å². The molecule has 5 fully saturated rings. The van der Waals surface area contributed by atoms with E-state index in [-0.39, 0.29) is 37.0 Å². The molecule has 5 aliphatic rings. The van der Waals surface area contributed by atoms with E-state index >= 15 is 0 Å². The first kappa shape index (κ1) is 14.3. The van der Waals surface area contributed by atoms with Crippen molar-refractivity contribution in [1.29, 1.82) is 0 Å². The van der Waals surface area contributed by atoms with Gasteiger partial charge in [-0.3, -0.25) is 0 Å². The summed E-state index contributed by atoms with van der Waals surface area (Å²) in [5.41, 5.74) is -0.149. The van der Waals surface area contributed by atoms with E-state index in [2.05, 4.69) is 33.0 Å². The van der Waals surface area contributed by atoms with E-state index < -0.39 is 0 Å². The van der Waals surface area contributed by atoms with Gasteiger partial charge in [0, 0.05) is 0 Å². The van der Waals surface area contributed by atoms with E-state index in [1.807, 2.05) is 0 Å². The Kier molecular flexibility index (Phi) is 3.20. The molecule has 0 spiro atoms. The number of esters is 1. The summed E-state index contributed by atoms with van der Waals surface area (Å²) in [7, 11) is 0. The number of fused-ring (bicyclic) bond motifs is 9. The van der Waals surface area contributed by atoms with Gasteiger partial charge in [0.15, 0.2) is 0 Å². The van der Waals surface area contributed by atoms with Crippen LogP contribution in [0.15, 0.2) is 0 Å². The zero-order valence-corrected chi connectivity index (χ0v) is 16.5. The minimum atomic E-state index is -0.149. The van der Waals surface area contributed by atoms with E-state index in [1.165, 1.54) is 25.7 Å². The standard InChI is InChI=1S/C16H22I2NO2/c1-16(21-15(20)13(17)14-18-19-14)6-9-5-10(16)12-8-3-2-7(4-8)11(9)12/h7-14,19H,2-6H2,1H3/q-1. The first-order chi connectivity index (χ1) is 10.1. The third-order valence-electron chi connectivity index (χ3n) is 7.12. The molecule has 0 amide bonds. The molecule has 0 radical (unpaired) electrons. The molecule has 1 heterocycles. The molecule has 118 valence electrons. The quantitative estimate of drug-likeness (QED) is 0.107. The van der Waals surface area contributed by atoms with Crippen LogP contribution in [0.3, 0.4) is 0 Å². The molecule has 5 rings (SSSR count). The Balaban J connectivity index is 1.35. The van der Waals surface area contributed by atoms with Crippen LogP contribution < -0.4 is 25.0 Å². The molecule has 4 saturated carbocycles. The van der Waals surface area contributed by atoms with Gasteiger partial charge in [-0.05, 0) is 0 Å². The molecule has 3 nitrogen and oxygen atoms in total. The summed E-state index contributed by atoms with van der Waals surface area (Å²) in [5.74, 6) is 5.43. The second kappa shape index (κ2) is 4.71. The van der Waals surface area contributed by atoms with Crippen molar-refractivity contribution in [1.82, 2.24) is 3.53 Å². The van der Waals surface area contributed by atoms with Crippen LogP contribution in [0.2, 0.25) is 0 Å². The number of nitrogens with one attached hydrogen (secondary N) is 1. The summed E-state index contributed by atoms with van der Waals surface area (Å²) in [6.45, 7) is 2.25. The fourth-order valence-electron chi connectivity index (χ4n) is 6.53. The number of hydrogen-bond acceptors (Lipinski definition) is 3. The van der Waals surface area contributed by atoms with Gasteiger partial charge in [0.1, 0.15) is 0 Å². The van der Waals surface area contributed by atoms with E-state index in [9.17, 15) is 4.79 Å². The summed E-state index contributed by atoms with van der Waals surface area (Å²) in [4.78, 5) is 12.5. The topological polar surface area (TPSA) is 48.2 Å². The number of carbonyl (C=O) groups excluding carboxylic acids is 1. The fraction of sp³-hybridized carbons (Fsp3) is 0.938. The van der Waals surface area contributed by atoms with Crippen LogP contribution in [0.25, 0.3) is 0 Å². The minimum absolute atomic E-state index is 0.0437. The Bertz CT molecular complexity index is 497. The van der Waals surface area contributed by atoms with Gasteiger partial charge in [0.05, 0.1) is 0 Å². The Labute approximate surface area is 150 Å². The Morgan fingerprint density at radius 1 is 1.29 bits per heavy atom. The van der Waals surface area contributed by atoms with Crippen LogP contribution >= 0.6 is 22.6 Å². The number of alkyl halides is 2. The molecule has 21 heavy (non-hydrogen) atoms. The van der Waals surface area contributed by atoms with Crippen LogP contribution in [0.5, 0.6) is 0 Å². The van der Waals surface area contributed by atoms with E-state index in [0.717, 1.165) is 36.0 Å². The molecule has 0 aromatic rings. The van der Waals surface area contributed by atoms with Crippen LogP contribution in [0.1, 0.15) is 39.0 Å². The van der Waals surface area contributed by atoms with Crippen LogP contribution in [0, 0.1) is 35.5 Å². The molecule has 1 N–H and O–H groups in total. The maximum absolute atomic E-state index is 12.5. The first-order valence-corrected chi connectivity index (χ1v) is 11.9. The number of halogens is 2. The van der Waals surface area contributed by atoms with Gasteiger partial charge in [0.2, 0.25) is 0 Å². The van der Waals surface area contributed by atoms with Crippen molar-refractivity contribution in [2.75, 3.05) is 0 Å². The Morgan fingerprint density at radius 2 is 2.00 bits per heavy atom. The molecular weight excluding hydrogens is 492 g/mol. The van der Waals surface area contributed by atoms with Crippen LogP contribution in [-0.2, 0) is 9.53 Å².